The van der Waals surface area contributed by atoms with Crippen LogP contribution in [0.25, 0.3) is 0 Å². The molecule has 0 radical (unpaired) electrons. The maximum atomic E-state index is 5.79. The van der Waals surface area contributed by atoms with E-state index in [-0.39, 0.29) is 0 Å². The quantitative estimate of drug-likeness (QED) is 0.824. The molecule has 0 aliphatic carbocycles. The molecule has 1 aliphatic rings. The van der Waals surface area contributed by atoms with E-state index in [9.17, 15) is 0 Å². The molecule has 1 aromatic heterocycles. The summed E-state index contributed by atoms with van der Waals surface area (Å²) in [6.07, 6.45) is 5.63. The van der Waals surface area contributed by atoms with Crippen LogP contribution in [0.3, 0.4) is 0 Å². The van der Waals surface area contributed by atoms with Gasteiger partial charge in [-0.3, -0.25) is 0 Å². The first kappa shape index (κ1) is 14.2. The van der Waals surface area contributed by atoms with Gasteiger partial charge < -0.3 is 16.0 Å². The third kappa shape index (κ3) is 3.42. The van der Waals surface area contributed by atoms with E-state index in [1.165, 1.54) is 25.8 Å². The molecule has 0 saturated carbocycles. The molecule has 2 heterocycles. The minimum Gasteiger partial charge on any atom is -0.389 e. The van der Waals surface area contributed by atoms with Gasteiger partial charge in [-0.1, -0.05) is 18.6 Å². The highest BCUT2D eigenvalue weighted by Gasteiger charge is 2.19. The fourth-order valence-electron chi connectivity index (χ4n) is 2.62. The third-order valence-electron chi connectivity index (χ3n) is 3.83. The molecule has 3 N–H and O–H groups in total. The van der Waals surface area contributed by atoms with Crippen LogP contribution >= 0.6 is 12.2 Å². The molecule has 1 fully saturated rings. The Morgan fingerprint density at radius 1 is 1.58 bits per heavy atom. The molecule has 4 nitrogen and oxygen atoms in total. The van der Waals surface area contributed by atoms with Crippen LogP contribution in [0.4, 0.5) is 5.82 Å². The van der Waals surface area contributed by atoms with Crippen LogP contribution in [0.2, 0.25) is 0 Å². The van der Waals surface area contributed by atoms with Crippen molar-refractivity contribution in [3.8, 4) is 0 Å². The summed E-state index contributed by atoms with van der Waals surface area (Å²) in [6, 6.07) is 2.50. The number of hydrogen-bond donors (Lipinski definition) is 2. The van der Waals surface area contributed by atoms with E-state index in [2.05, 4.69) is 22.2 Å². The molecule has 19 heavy (non-hydrogen) atoms. The van der Waals surface area contributed by atoms with Gasteiger partial charge in [0.2, 0.25) is 0 Å². The van der Waals surface area contributed by atoms with E-state index in [0.29, 0.717) is 11.0 Å². The highest BCUT2D eigenvalue weighted by molar-refractivity contribution is 7.80. The summed E-state index contributed by atoms with van der Waals surface area (Å²) in [5.74, 6) is 0.812. The van der Waals surface area contributed by atoms with Gasteiger partial charge in [0, 0.05) is 18.8 Å². The third-order valence-corrected chi connectivity index (χ3v) is 4.04. The van der Waals surface area contributed by atoms with E-state index in [4.69, 9.17) is 18.0 Å². The number of rotatable bonds is 4. The van der Waals surface area contributed by atoms with Crippen molar-refractivity contribution >= 4 is 23.0 Å². The standard InChI is InChI=1S/C14H22N4S/c1-10-6-7-16-14(12(10)13(15)19)17-9-11-5-3-4-8-18(11)2/h6-7,11H,3-5,8-9H2,1-2H3,(H2,15,19)(H,16,17). The van der Waals surface area contributed by atoms with Gasteiger partial charge >= 0.3 is 0 Å². The number of likely N-dealkylation sites (tertiary alicyclic amines) is 1. The number of anilines is 1. The molecule has 1 aliphatic heterocycles. The zero-order valence-corrected chi connectivity index (χ0v) is 12.5. The first-order valence-corrected chi connectivity index (χ1v) is 7.20. The van der Waals surface area contributed by atoms with Crippen molar-refractivity contribution < 1.29 is 0 Å². The SMILES string of the molecule is Cc1ccnc(NCC2CCCCN2C)c1C(N)=S. The van der Waals surface area contributed by atoms with Crippen molar-refractivity contribution in [2.24, 2.45) is 5.73 Å². The molecule has 1 saturated heterocycles. The van der Waals surface area contributed by atoms with Gasteiger partial charge in [0.05, 0.1) is 5.56 Å². The second-order valence-electron chi connectivity index (χ2n) is 5.23. The van der Waals surface area contributed by atoms with E-state index >= 15 is 0 Å². The molecule has 0 aromatic carbocycles. The number of nitrogens with zero attached hydrogens (tertiary/aromatic N) is 2. The first-order chi connectivity index (χ1) is 9.09. The fraction of sp³-hybridized carbons (Fsp3) is 0.571. The number of pyridine rings is 1. The summed E-state index contributed by atoms with van der Waals surface area (Å²) in [5.41, 5.74) is 7.74. The first-order valence-electron chi connectivity index (χ1n) is 6.79. The summed E-state index contributed by atoms with van der Waals surface area (Å²) < 4.78 is 0. The molecule has 0 amide bonds. The van der Waals surface area contributed by atoms with Crippen molar-refractivity contribution in [1.82, 2.24) is 9.88 Å². The van der Waals surface area contributed by atoms with Crippen LogP contribution in [-0.2, 0) is 0 Å². The molecule has 1 atom stereocenters. The molecular formula is C14H22N4S. The average Bonchev–Trinajstić information content (AvgIpc) is 2.37. The van der Waals surface area contributed by atoms with E-state index in [0.717, 1.165) is 23.5 Å². The van der Waals surface area contributed by atoms with Crippen LogP contribution < -0.4 is 11.1 Å². The van der Waals surface area contributed by atoms with Gasteiger partial charge in [-0.15, -0.1) is 0 Å². The van der Waals surface area contributed by atoms with Crippen molar-refractivity contribution in [3.63, 3.8) is 0 Å². The topological polar surface area (TPSA) is 54.2 Å². The molecule has 0 bridgehead atoms. The fourth-order valence-corrected chi connectivity index (χ4v) is 2.88. The minimum absolute atomic E-state index is 0.407. The average molecular weight is 278 g/mol. The molecular weight excluding hydrogens is 256 g/mol. The van der Waals surface area contributed by atoms with Crippen LogP contribution in [0.1, 0.15) is 30.4 Å². The van der Waals surface area contributed by atoms with Crippen LogP contribution in [0, 0.1) is 6.92 Å². The number of nitrogens with two attached hydrogens (primary N) is 1. The van der Waals surface area contributed by atoms with Gasteiger partial charge in [0.15, 0.2) is 0 Å². The number of piperidine rings is 1. The zero-order chi connectivity index (χ0) is 13.8. The summed E-state index contributed by atoms with van der Waals surface area (Å²) in [7, 11) is 2.18. The van der Waals surface area contributed by atoms with E-state index in [1.807, 2.05) is 13.0 Å². The number of nitrogens with one attached hydrogen (secondary N) is 1. The Balaban J connectivity index is 2.07. The predicted octanol–water partition coefficient (Wildman–Crippen LogP) is 1.92. The second kappa shape index (κ2) is 6.30. The van der Waals surface area contributed by atoms with Gasteiger partial charge in [0.25, 0.3) is 0 Å². The van der Waals surface area contributed by atoms with Crippen molar-refractivity contribution in [1.29, 1.82) is 0 Å². The lowest BCUT2D eigenvalue weighted by atomic mass is 10.0. The Bertz CT molecular complexity index is 461. The Hall–Kier alpha value is -1.20. The minimum atomic E-state index is 0.407. The summed E-state index contributed by atoms with van der Waals surface area (Å²) in [5, 5.41) is 3.42. The van der Waals surface area contributed by atoms with Crippen LogP contribution in [0.15, 0.2) is 12.3 Å². The number of aromatic nitrogens is 1. The van der Waals surface area contributed by atoms with Crippen LogP contribution in [0.5, 0.6) is 0 Å². The number of hydrogen-bond acceptors (Lipinski definition) is 4. The smallest absolute Gasteiger partial charge is 0.136 e. The lowest BCUT2D eigenvalue weighted by molar-refractivity contribution is 0.194. The Morgan fingerprint density at radius 2 is 2.37 bits per heavy atom. The normalized spacial score (nSPS) is 20.2. The van der Waals surface area contributed by atoms with Crippen LogP contribution in [-0.4, -0.2) is 41.1 Å². The maximum Gasteiger partial charge on any atom is 0.136 e. The van der Waals surface area contributed by atoms with Gasteiger partial charge in [-0.2, -0.15) is 0 Å². The Labute approximate surface area is 120 Å². The summed E-state index contributed by atoms with van der Waals surface area (Å²) >= 11 is 5.12. The van der Waals surface area contributed by atoms with E-state index < -0.39 is 0 Å². The number of likely N-dealkylation sites (N-methyl/N-ethyl adjacent to an activating group) is 1. The van der Waals surface area contributed by atoms with Crippen molar-refractivity contribution in [2.45, 2.75) is 32.2 Å². The Morgan fingerprint density at radius 3 is 3.05 bits per heavy atom. The Kier molecular flexibility index (Phi) is 4.71. The lowest BCUT2D eigenvalue weighted by Gasteiger charge is -2.32. The lowest BCUT2D eigenvalue weighted by Crippen LogP contribution is -2.41. The predicted molar refractivity (Wildman–Crippen MR) is 83.6 cm³/mol. The molecule has 2 rings (SSSR count). The summed E-state index contributed by atoms with van der Waals surface area (Å²) in [4.78, 5) is 7.19. The molecule has 1 unspecified atom stereocenters. The molecule has 104 valence electrons. The second-order valence-corrected chi connectivity index (χ2v) is 5.67. The number of aryl methyl sites for hydroxylation is 1. The van der Waals surface area contributed by atoms with Gasteiger partial charge in [0.1, 0.15) is 10.8 Å². The largest absolute Gasteiger partial charge is 0.389 e. The number of thiocarbonyl (C=S) groups is 1. The van der Waals surface area contributed by atoms with Gasteiger partial charge in [-0.25, -0.2) is 4.98 Å². The monoisotopic (exact) mass is 278 g/mol. The molecule has 1 aromatic rings. The summed E-state index contributed by atoms with van der Waals surface area (Å²) in [6.45, 7) is 4.08. The maximum absolute atomic E-state index is 5.79. The zero-order valence-electron chi connectivity index (χ0n) is 11.6. The van der Waals surface area contributed by atoms with Crippen molar-refractivity contribution in [3.05, 3.63) is 23.4 Å². The highest BCUT2D eigenvalue weighted by Crippen LogP contribution is 2.19. The van der Waals surface area contributed by atoms with Crippen molar-refractivity contribution in [2.75, 3.05) is 25.5 Å². The highest BCUT2D eigenvalue weighted by atomic mass is 32.1. The van der Waals surface area contributed by atoms with Gasteiger partial charge in [-0.05, 0) is 45.0 Å². The molecule has 5 heteroatoms. The molecule has 0 spiro atoms. The van der Waals surface area contributed by atoms with E-state index in [1.54, 1.807) is 6.20 Å².